The quantitative estimate of drug-likeness (QED) is 0.112. The number of anilines is 1. The number of nitrogens with zero attached hydrogens (tertiary/aromatic N) is 2. The van der Waals surface area contributed by atoms with Crippen LogP contribution in [0.2, 0.25) is 0 Å². The van der Waals surface area contributed by atoms with Gasteiger partial charge in [0.2, 0.25) is 0 Å². The number of pyridine rings is 1. The molecule has 0 saturated carbocycles. The predicted molar refractivity (Wildman–Crippen MR) is 170 cm³/mol. The molecule has 4 heterocycles. The molecule has 0 radical (unpaired) electrons. The number of fused-ring (bicyclic) bond motifs is 4. The van der Waals surface area contributed by atoms with E-state index in [1.165, 1.54) is 7.11 Å². The Morgan fingerprint density at radius 3 is 2.38 bits per heavy atom. The number of hydrogen-bond acceptors (Lipinski definition) is 3. The van der Waals surface area contributed by atoms with Crippen molar-refractivity contribution < 1.29 is 40.4 Å². The average molecular weight is 670 g/mol. The molecular formula is C36H35F6N4O2+. The minimum absolute atomic E-state index is 0.0297. The summed E-state index contributed by atoms with van der Waals surface area (Å²) in [6.07, 6.45) is -4.83. The van der Waals surface area contributed by atoms with Crippen LogP contribution in [0.4, 0.5) is 36.8 Å². The van der Waals surface area contributed by atoms with E-state index in [0.717, 1.165) is 25.1 Å². The molecule has 3 aliphatic rings. The Kier molecular flexibility index (Phi) is 8.88. The SMILES string of the molecule is C=C[C@H]1C[N@+]2(Cc3ccccc3)CC[C@H]1C[C@@H]2[C@@H](NC(=O)Nc1cc(C(F)(F)F)cc(C(F)(F)F)c1)c1ccnc2ccc(OC)cc12. The number of benzene rings is 3. The third kappa shape index (κ3) is 6.71. The summed E-state index contributed by atoms with van der Waals surface area (Å²) in [7, 11) is 1.53. The fraction of sp³-hybridized carbons (Fsp3) is 0.333. The van der Waals surface area contributed by atoms with Crippen molar-refractivity contribution in [2.75, 3.05) is 25.5 Å². The molecule has 0 unspecified atom stereocenters. The summed E-state index contributed by atoms with van der Waals surface area (Å²) >= 11 is 0. The number of aromatic nitrogens is 1. The van der Waals surface area contributed by atoms with Crippen LogP contribution in [0.3, 0.4) is 0 Å². The van der Waals surface area contributed by atoms with Gasteiger partial charge in [-0.15, -0.1) is 6.58 Å². The number of carbonyl (C=O) groups is 1. The molecule has 3 aliphatic heterocycles. The monoisotopic (exact) mass is 669 g/mol. The van der Waals surface area contributed by atoms with Crippen LogP contribution in [-0.2, 0) is 18.9 Å². The Hall–Kier alpha value is -4.58. The van der Waals surface area contributed by atoms with E-state index in [1.807, 2.05) is 30.3 Å². The number of hydrogen-bond donors (Lipinski definition) is 2. The molecular weight excluding hydrogens is 634 g/mol. The Bertz CT molecular complexity index is 1780. The summed E-state index contributed by atoms with van der Waals surface area (Å²) in [4.78, 5) is 18.3. The summed E-state index contributed by atoms with van der Waals surface area (Å²) in [5.41, 5.74) is -1.20. The Balaban J connectivity index is 1.44. The van der Waals surface area contributed by atoms with Crippen molar-refractivity contribution in [1.29, 1.82) is 0 Å². The molecule has 48 heavy (non-hydrogen) atoms. The van der Waals surface area contributed by atoms with E-state index in [2.05, 4.69) is 34.3 Å². The zero-order valence-electron chi connectivity index (χ0n) is 26.1. The first-order chi connectivity index (χ1) is 22.8. The zero-order valence-corrected chi connectivity index (χ0v) is 26.1. The second-order valence-electron chi connectivity index (χ2n) is 12.7. The molecule has 3 fully saturated rings. The van der Waals surface area contributed by atoms with Crippen molar-refractivity contribution in [3.8, 4) is 5.75 Å². The molecule has 2 bridgehead atoms. The Labute approximate surface area is 274 Å². The van der Waals surface area contributed by atoms with Gasteiger partial charge in [0.25, 0.3) is 0 Å². The first-order valence-electron chi connectivity index (χ1n) is 15.6. The second-order valence-corrected chi connectivity index (χ2v) is 12.7. The molecule has 252 valence electrons. The number of quaternary nitrogens is 1. The third-order valence-electron chi connectivity index (χ3n) is 9.85. The van der Waals surface area contributed by atoms with Crippen LogP contribution in [0.15, 0.2) is 91.6 Å². The zero-order chi connectivity index (χ0) is 34.3. The molecule has 3 saturated heterocycles. The predicted octanol–water partition coefficient (Wildman–Crippen LogP) is 8.76. The molecule has 0 spiro atoms. The van der Waals surface area contributed by atoms with Crippen LogP contribution in [0.25, 0.3) is 10.9 Å². The maximum atomic E-state index is 13.8. The number of nitrogens with one attached hydrogen (secondary N) is 2. The molecule has 0 aliphatic carbocycles. The normalized spacial score (nSPS) is 23.0. The highest BCUT2D eigenvalue weighted by Gasteiger charge is 2.54. The number of methoxy groups -OCH3 is 1. The van der Waals surface area contributed by atoms with Gasteiger partial charge in [0.05, 0.1) is 36.8 Å². The minimum atomic E-state index is -5.06. The van der Waals surface area contributed by atoms with E-state index >= 15 is 0 Å². The largest absolute Gasteiger partial charge is 0.497 e. The lowest BCUT2D eigenvalue weighted by atomic mass is 9.70. The first-order valence-corrected chi connectivity index (χ1v) is 15.6. The minimum Gasteiger partial charge on any atom is -0.497 e. The summed E-state index contributed by atoms with van der Waals surface area (Å²) < 4.78 is 87.7. The lowest BCUT2D eigenvalue weighted by Gasteiger charge is -2.58. The van der Waals surface area contributed by atoms with Gasteiger partial charge in [-0.05, 0) is 53.9 Å². The summed E-state index contributed by atoms with van der Waals surface area (Å²) in [6.45, 7) is 6.35. The average Bonchev–Trinajstić information content (AvgIpc) is 3.06. The molecule has 4 aromatic rings. The van der Waals surface area contributed by atoms with Crippen molar-refractivity contribution in [1.82, 2.24) is 10.3 Å². The number of urea groups is 1. The van der Waals surface area contributed by atoms with Crippen molar-refractivity contribution in [2.45, 2.75) is 43.8 Å². The summed E-state index contributed by atoms with van der Waals surface area (Å²) in [5.74, 6) is 1.10. The van der Waals surface area contributed by atoms with Gasteiger partial charge in [0.15, 0.2) is 0 Å². The summed E-state index contributed by atoms with van der Waals surface area (Å²) in [6, 6.07) is 16.4. The lowest BCUT2D eigenvalue weighted by Crippen LogP contribution is -2.69. The van der Waals surface area contributed by atoms with E-state index in [4.69, 9.17) is 4.74 Å². The first kappa shape index (κ1) is 33.3. The van der Waals surface area contributed by atoms with Gasteiger partial charge in [0, 0.05) is 41.6 Å². The highest BCUT2D eigenvalue weighted by molar-refractivity contribution is 5.91. The van der Waals surface area contributed by atoms with Crippen LogP contribution in [0.1, 0.15) is 41.1 Å². The number of rotatable bonds is 8. The molecule has 2 amide bonds. The van der Waals surface area contributed by atoms with Crippen molar-refractivity contribution >= 4 is 22.6 Å². The molecule has 2 N–H and O–H groups in total. The molecule has 1 aromatic heterocycles. The molecule has 7 rings (SSSR count). The Morgan fingerprint density at radius 1 is 1.02 bits per heavy atom. The molecule has 3 aromatic carbocycles. The van der Waals surface area contributed by atoms with E-state index in [-0.39, 0.29) is 23.9 Å². The highest BCUT2D eigenvalue weighted by Crippen LogP contribution is 2.48. The maximum Gasteiger partial charge on any atom is 0.416 e. The topological polar surface area (TPSA) is 63.2 Å². The van der Waals surface area contributed by atoms with E-state index in [9.17, 15) is 31.1 Å². The fourth-order valence-electron chi connectivity index (χ4n) is 7.61. The second kappa shape index (κ2) is 12.8. The highest BCUT2D eigenvalue weighted by atomic mass is 19.4. The van der Waals surface area contributed by atoms with Crippen LogP contribution in [0.5, 0.6) is 5.75 Å². The number of halogens is 6. The van der Waals surface area contributed by atoms with E-state index < -0.39 is 41.2 Å². The van der Waals surface area contributed by atoms with Gasteiger partial charge >= 0.3 is 18.4 Å². The van der Waals surface area contributed by atoms with Gasteiger partial charge < -0.3 is 19.9 Å². The molecule has 6 nitrogen and oxygen atoms in total. The van der Waals surface area contributed by atoms with Gasteiger partial charge in [-0.1, -0.05) is 36.4 Å². The van der Waals surface area contributed by atoms with Gasteiger partial charge in [-0.25, -0.2) is 4.79 Å². The van der Waals surface area contributed by atoms with Crippen molar-refractivity contribution in [3.05, 3.63) is 114 Å². The van der Waals surface area contributed by atoms with Crippen LogP contribution in [0, 0.1) is 11.8 Å². The van der Waals surface area contributed by atoms with E-state index in [0.29, 0.717) is 51.8 Å². The van der Waals surface area contributed by atoms with Crippen molar-refractivity contribution in [3.63, 3.8) is 0 Å². The lowest BCUT2D eigenvalue weighted by molar-refractivity contribution is -0.983. The van der Waals surface area contributed by atoms with Crippen LogP contribution < -0.4 is 15.4 Å². The Morgan fingerprint density at radius 2 is 1.73 bits per heavy atom. The smallest absolute Gasteiger partial charge is 0.416 e. The standard InChI is InChI=1S/C36H34F6N4O2/c1-3-23-21-46(20-22-7-5-4-6-8-22)14-12-24(23)15-32(46)33(29-11-13-43-31-10-9-28(48-2)19-30(29)31)45-34(47)44-27-17-25(35(37,38)39)16-26(18-27)36(40,41)42/h3-11,13,16-19,23-24,32-33H,1,12,14-15,20-21H2,2H3,(H-,44,45,47)/p+1/t23-,24-,32+,33-,46+/m0/s1. The number of carbonyl (C=O) groups excluding carboxylic acids is 1. The van der Waals surface area contributed by atoms with Crippen molar-refractivity contribution in [2.24, 2.45) is 11.8 Å². The number of alkyl halides is 6. The van der Waals surface area contributed by atoms with Gasteiger partial charge in [-0.3, -0.25) is 4.98 Å². The number of piperidine rings is 3. The van der Waals surface area contributed by atoms with Gasteiger partial charge in [0.1, 0.15) is 24.4 Å². The number of ether oxygens (including phenoxy) is 1. The number of amides is 2. The van der Waals surface area contributed by atoms with E-state index in [1.54, 1.807) is 24.4 Å². The van der Waals surface area contributed by atoms with Crippen LogP contribution in [-0.4, -0.2) is 41.7 Å². The maximum absolute atomic E-state index is 13.8. The third-order valence-corrected chi connectivity index (χ3v) is 9.85. The molecule has 5 atom stereocenters. The van der Waals surface area contributed by atoms with Crippen LogP contribution >= 0.6 is 0 Å². The van der Waals surface area contributed by atoms with Gasteiger partial charge in [-0.2, -0.15) is 26.3 Å². The fourth-order valence-corrected chi connectivity index (χ4v) is 7.61. The summed E-state index contributed by atoms with van der Waals surface area (Å²) in [5, 5.41) is 6.00. The molecule has 12 heteroatoms.